The van der Waals surface area contributed by atoms with Gasteiger partial charge in [-0.15, -0.1) is 0 Å². The first-order valence-corrected chi connectivity index (χ1v) is 5.72. The second-order valence-corrected chi connectivity index (χ2v) is 4.69. The van der Waals surface area contributed by atoms with Gasteiger partial charge in [0.2, 0.25) is 0 Å². The molecular weight excluding hydrogens is 204 g/mol. The van der Waals surface area contributed by atoms with Crippen molar-refractivity contribution in [2.45, 2.75) is 4.90 Å². The molecule has 0 aromatic heterocycles. The van der Waals surface area contributed by atoms with E-state index in [9.17, 15) is 8.42 Å². The van der Waals surface area contributed by atoms with E-state index in [2.05, 4.69) is 6.07 Å². The molecule has 0 aliphatic rings. The molecule has 0 N–H and O–H groups in total. The molecule has 0 bridgehead atoms. The number of ether oxygens (including phenoxy) is 2. The Morgan fingerprint density at radius 3 is 2.36 bits per heavy atom. The van der Waals surface area contributed by atoms with E-state index in [1.165, 1.54) is 26.4 Å². The lowest BCUT2D eigenvalue weighted by molar-refractivity contribution is 0.386. The molecule has 0 saturated carbocycles. The van der Waals surface area contributed by atoms with E-state index >= 15 is 0 Å². The van der Waals surface area contributed by atoms with Crippen LogP contribution in [0.15, 0.2) is 17.0 Å². The monoisotopic (exact) mass is 215 g/mol. The Bertz CT molecular complexity index is 422. The number of benzene rings is 1. The molecule has 1 radical (unpaired) electrons. The average Bonchev–Trinajstić information content (AvgIpc) is 2.15. The molecule has 1 rings (SSSR count). The first-order valence-electron chi connectivity index (χ1n) is 3.83. The van der Waals surface area contributed by atoms with Crippen molar-refractivity contribution in [3.63, 3.8) is 0 Å². The first kappa shape index (κ1) is 10.8. The third-order valence-electron chi connectivity index (χ3n) is 1.69. The fraction of sp³-hybridized carbons (Fsp3) is 0.333. The predicted octanol–water partition coefficient (Wildman–Crippen LogP) is 0.907. The SMILES string of the molecule is COc1[c]cc(S(C)(=O)=O)c(OC)c1. The molecule has 0 aliphatic heterocycles. The van der Waals surface area contributed by atoms with Crippen LogP contribution in [0.2, 0.25) is 0 Å². The molecule has 0 atom stereocenters. The highest BCUT2D eigenvalue weighted by atomic mass is 32.2. The van der Waals surface area contributed by atoms with E-state index in [4.69, 9.17) is 9.47 Å². The van der Waals surface area contributed by atoms with Crippen LogP contribution < -0.4 is 9.47 Å². The Balaban J connectivity index is 3.33. The molecule has 5 heteroatoms. The lowest BCUT2D eigenvalue weighted by Crippen LogP contribution is -2.01. The van der Waals surface area contributed by atoms with Crippen LogP contribution in [0.25, 0.3) is 0 Å². The van der Waals surface area contributed by atoms with Crippen LogP contribution in [-0.2, 0) is 9.84 Å². The summed E-state index contributed by atoms with van der Waals surface area (Å²) < 4.78 is 32.4. The van der Waals surface area contributed by atoms with Gasteiger partial charge in [0.1, 0.15) is 16.4 Å². The zero-order valence-electron chi connectivity index (χ0n) is 8.20. The van der Waals surface area contributed by atoms with E-state index in [0.29, 0.717) is 5.75 Å². The minimum absolute atomic E-state index is 0.112. The highest BCUT2D eigenvalue weighted by Crippen LogP contribution is 2.27. The van der Waals surface area contributed by atoms with Gasteiger partial charge in [-0.2, -0.15) is 0 Å². The normalized spacial score (nSPS) is 11.1. The summed E-state index contributed by atoms with van der Waals surface area (Å²) in [6.07, 6.45) is 1.12. The van der Waals surface area contributed by atoms with Crippen molar-refractivity contribution in [3.05, 3.63) is 18.2 Å². The summed E-state index contributed by atoms with van der Waals surface area (Å²) in [5.41, 5.74) is 0. The largest absolute Gasteiger partial charge is 0.496 e. The fourth-order valence-electron chi connectivity index (χ4n) is 1.01. The minimum atomic E-state index is -3.28. The van der Waals surface area contributed by atoms with E-state index in [1.54, 1.807) is 0 Å². The molecule has 0 unspecified atom stereocenters. The van der Waals surface area contributed by atoms with Gasteiger partial charge >= 0.3 is 0 Å². The van der Waals surface area contributed by atoms with Crippen LogP contribution in [0.3, 0.4) is 0 Å². The van der Waals surface area contributed by atoms with Gasteiger partial charge in [-0.25, -0.2) is 8.42 Å². The van der Waals surface area contributed by atoms with Crippen molar-refractivity contribution in [2.75, 3.05) is 20.5 Å². The molecule has 0 fully saturated rings. The van der Waals surface area contributed by atoms with Crippen molar-refractivity contribution in [1.29, 1.82) is 0 Å². The van der Waals surface area contributed by atoms with Crippen molar-refractivity contribution < 1.29 is 17.9 Å². The Morgan fingerprint density at radius 1 is 1.29 bits per heavy atom. The zero-order chi connectivity index (χ0) is 10.8. The van der Waals surface area contributed by atoms with Gasteiger partial charge in [-0.05, 0) is 6.07 Å². The summed E-state index contributed by atoms with van der Waals surface area (Å²) in [5, 5.41) is 0. The van der Waals surface area contributed by atoms with Crippen LogP contribution in [0, 0.1) is 6.07 Å². The first-order chi connectivity index (χ1) is 6.49. The highest BCUT2D eigenvalue weighted by Gasteiger charge is 2.14. The number of rotatable bonds is 3. The molecule has 0 aliphatic carbocycles. The Kier molecular flexibility index (Phi) is 3.00. The second kappa shape index (κ2) is 3.88. The quantitative estimate of drug-likeness (QED) is 0.752. The molecule has 1 aromatic carbocycles. The van der Waals surface area contributed by atoms with E-state index in [0.717, 1.165) is 6.26 Å². The van der Waals surface area contributed by atoms with Gasteiger partial charge < -0.3 is 9.47 Å². The Labute approximate surface area is 83.4 Å². The van der Waals surface area contributed by atoms with Gasteiger partial charge in [0.25, 0.3) is 0 Å². The Hall–Kier alpha value is -1.23. The molecule has 14 heavy (non-hydrogen) atoms. The molecule has 4 nitrogen and oxygen atoms in total. The number of hydrogen-bond acceptors (Lipinski definition) is 4. The topological polar surface area (TPSA) is 52.6 Å². The fourth-order valence-corrected chi connectivity index (χ4v) is 1.79. The maximum absolute atomic E-state index is 11.3. The molecule has 77 valence electrons. The Morgan fingerprint density at radius 2 is 1.93 bits per heavy atom. The van der Waals surface area contributed by atoms with Crippen molar-refractivity contribution in [1.82, 2.24) is 0 Å². The lowest BCUT2D eigenvalue weighted by Gasteiger charge is -2.07. The van der Waals surface area contributed by atoms with Crippen molar-refractivity contribution in [3.8, 4) is 11.5 Å². The van der Waals surface area contributed by atoms with Crippen LogP contribution >= 0.6 is 0 Å². The van der Waals surface area contributed by atoms with E-state index in [1.807, 2.05) is 0 Å². The van der Waals surface area contributed by atoms with Crippen LogP contribution in [0.1, 0.15) is 0 Å². The smallest absolute Gasteiger partial charge is 0.179 e. The molecule has 0 spiro atoms. The zero-order valence-corrected chi connectivity index (χ0v) is 9.01. The standard InChI is InChI=1S/C9H11O4S/c1-12-7-4-5-9(14(3,10)11)8(6-7)13-2/h5-6H,1-3H3. The van der Waals surface area contributed by atoms with Gasteiger partial charge in [-0.1, -0.05) is 0 Å². The van der Waals surface area contributed by atoms with Crippen molar-refractivity contribution >= 4 is 9.84 Å². The van der Waals surface area contributed by atoms with Crippen LogP contribution in [0.5, 0.6) is 11.5 Å². The summed E-state index contributed by atoms with van der Waals surface area (Å²) in [6.45, 7) is 0. The van der Waals surface area contributed by atoms with Crippen LogP contribution in [-0.4, -0.2) is 28.9 Å². The predicted molar refractivity (Wildman–Crippen MR) is 51.5 cm³/mol. The molecular formula is C9H11O4S. The molecule has 0 heterocycles. The molecule has 0 saturated heterocycles. The summed E-state index contributed by atoms with van der Waals surface area (Å²) in [5.74, 6) is 0.706. The van der Waals surface area contributed by atoms with Gasteiger partial charge in [-0.3, -0.25) is 0 Å². The average molecular weight is 215 g/mol. The third kappa shape index (κ3) is 2.17. The summed E-state index contributed by atoms with van der Waals surface area (Å²) in [4.78, 5) is 0.112. The van der Waals surface area contributed by atoms with E-state index in [-0.39, 0.29) is 10.6 Å². The number of sulfone groups is 1. The highest BCUT2D eigenvalue weighted by molar-refractivity contribution is 7.90. The third-order valence-corrected chi connectivity index (χ3v) is 2.81. The minimum Gasteiger partial charge on any atom is -0.496 e. The number of methoxy groups -OCH3 is 2. The van der Waals surface area contributed by atoms with E-state index < -0.39 is 9.84 Å². The maximum Gasteiger partial charge on any atom is 0.179 e. The summed E-state index contributed by atoms with van der Waals surface area (Å²) in [7, 11) is -0.399. The second-order valence-electron chi connectivity index (χ2n) is 2.71. The lowest BCUT2D eigenvalue weighted by atomic mass is 10.3. The van der Waals surface area contributed by atoms with Gasteiger partial charge in [0.15, 0.2) is 9.84 Å². The molecule has 1 aromatic rings. The maximum atomic E-state index is 11.3. The number of hydrogen-bond donors (Lipinski definition) is 0. The van der Waals surface area contributed by atoms with Crippen LogP contribution in [0.4, 0.5) is 0 Å². The summed E-state index contributed by atoms with van der Waals surface area (Å²) in [6, 6.07) is 5.51. The molecule has 0 amide bonds. The van der Waals surface area contributed by atoms with Gasteiger partial charge in [0.05, 0.1) is 14.2 Å². The van der Waals surface area contributed by atoms with Gasteiger partial charge in [0, 0.05) is 18.4 Å². The van der Waals surface area contributed by atoms with Crippen molar-refractivity contribution in [2.24, 2.45) is 0 Å². The summed E-state index contributed by atoms with van der Waals surface area (Å²) >= 11 is 0.